The number of aryl methyl sites for hydroxylation is 1. The number of pyridine rings is 1. The number of carboxylic acid groups (broad SMARTS) is 1. The number of benzene rings is 1. The van der Waals surface area contributed by atoms with Gasteiger partial charge in [0.25, 0.3) is 0 Å². The van der Waals surface area contributed by atoms with E-state index in [-0.39, 0.29) is 17.9 Å². The Bertz CT molecular complexity index is 790. The fraction of sp³-hybridized carbons (Fsp3) is 0.375. The number of aromatic nitrogens is 1. The molecule has 0 atom stereocenters. The van der Waals surface area contributed by atoms with Crippen molar-refractivity contribution in [3.63, 3.8) is 0 Å². The average molecular weight is 308 g/mol. The minimum Gasteiger partial charge on any atom is -0.481 e. The van der Waals surface area contributed by atoms with Gasteiger partial charge in [-0.25, -0.2) is 0 Å². The van der Waals surface area contributed by atoms with Gasteiger partial charge in [-0.3, -0.25) is 9.59 Å². The van der Waals surface area contributed by atoms with Crippen LogP contribution >= 0.6 is 11.6 Å². The number of carboxylic acids is 1. The Morgan fingerprint density at radius 3 is 2.48 bits per heavy atom. The SMILES string of the molecule is Cc1c(Cl)ccc2c(=O)c(CC(=O)O)c(C)n(C(C)C)c12. The number of halogens is 1. The van der Waals surface area contributed by atoms with Crippen molar-refractivity contribution in [1.29, 1.82) is 0 Å². The lowest BCUT2D eigenvalue weighted by molar-refractivity contribution is -0.136. The predicted octanol–water partition coefficient (Wildman–Crippen LogP) is 3.48. The van der Waals surface area contributed by atoms with Crippen LogP contribution in [0.3, 0.4) is 0 Å². The quantitative estimate of drug-likeness (QED) is 0.944. The van der Waals surface area contributed by atoms with E-state index in [2.05, 4.69) is 0 Å². The maximum atomic E-state index is 12.6. The van der Waals surface area contributed by atoms with E-state index in [1.54, 1.807) is 19.1 Å². The van der Waals surface area contributed by atoms with E-state index in [0.717, 1.165) is 11.1 Å². The van der Waals surface area contributed by atoms with Gasteiger partial charge in [0.2, 0.25) is 0 Å². The molecule has 0 spiro atoms. The van der Waals surface area contributed by atoms with Gasteiger partial charge in [-0.05, 0) is 45.4 Å². The maximum Gasteiger partial charge on any atom is 0.308 e. The number of nitrogens with zero attached hydrogens (tertiary/aromatic N) is 1. The Hall–Kier alpha value is -1.81. The van der Waals surface area contributed by atoms with Crippen LogP contribution in [0.15, 0.2) is 16.9 Å². The number of fused-ring (bicyclic) bond motifs is 1. The second kappa shape index (κ2) is 5.53. The summed E-state index contributed by atoms with van der Waals surface area (Å²) in [4.78, 5) is 23.6. The van der Waals surface area contributed by atoms with Gasteiger partial charge in [-0.2, -0.15) is 0 Å². The molecule has 1 N–H and O–H groups in total. The van der Waals surface area contributed by atoms with Crippen molar-refractivity contribution in [2.24, 2.45) is 0 Å². The molecule has 21 heavy (non-hydrogen) atoms. The molecule has 0 fully saturated rings. The molecule has 1 aromatic heterocycles. The minimum atomic E-state index is -1.00. The summed E-state index contributed by atoms with van der Waals surface area (Å²) in [5.41, 5.74) is 2.43. The van der Waals surface area contributed by atoms with E-state index in [0.29, 0.717) is 21.7 Å². The molecule has 0 saturated heterocycles. The average Bonchev–Trinajstić information content (AvgIpc) is 2.38. The van der Waals surface area contributed by atoms with Gasteiger partial charge in [0.15, 0.2) is 5.43 Å². The molecule has 0 bridgehead atoms. The number of rotatable bonds is 3. The summed E-state index contributed by atoms with van der Waals surface area (Å²) in [5, 5.41) is 10.2. The van der Waals surface area contributed by atoms with Gasteiger partial charge in [-0.15, -0.1) is 0 Å². The van der Waals surface area contributed by atoms with Crippen molar-refractivity contribution in [2.45, 2.75) is 40.2 Å². The van der Waals surface area contributed by atoms with Crippen molar-refractivity contribution in [2.75, 3.05) is 0 Å². The first kappa shape index (κ1) is 15.6. The Kier molecular flexibility index (Phi) is 4.10. The zero-order valence-corrected chi connectivity index (χ0v) is 13.3. The third-order valence-electron chi connectivity index (χ3n) is 3.77. The molecule has 112 valence electrons. The number of aliphatic carboxylic acids is 1. The van der Waals surface area contributed by atoms with E-state index >= 15 is 0 Å². The maximum absolute atomic E-state index is 12.6. The molecule has 0 aliphatic heterocycles. The summed E-state index contributed by atoms with van der Waals surface area (Å²) in [5.74, 6) is -1.00. The smallest absolute Gasteiger partial charge is 0.308 e. The number of carbonyl (C=O) groups is 1. The van der Waals surface area contributed by atoms with Gasteiger partial charge >= 0.3 is 5.97 Å². The highest BCUT2D eigenvalue weighted by Crippen LogP contribution is 2.28. The fourth-order valence-corrected chi connectivity index (χ4v) is 2.97. The number of hydrogen-bond acceptors (Lipinski definition) is 2. The summed E-state index contributed by atoms with van der Waals surface area (Å²) in [6.07, 6.45) is -0.269. The second-order valence-corrected chi connectivity index (χ2v) is 5.90. The second-order valence-electron chi connectivity index (χ2n) is 5.50. The van der Waals surface area contributed by atoms with Crippen molar-refractivity contribution in [3.05, 3.63) is 44.2 Å². The van der Waals surface area contributed by atoms with Crippen LogP contribution < -0.4 is 5.43 Å². The number of hydrogen-bond donors (Lipinski definition) is 1. The Morgan fingerprint density at radius 1 is 1.33 bits per heavy atom. The molecule has 5 heteroatoms. The van der Waals surface area contributed by atoms with Crippen LogP contribution in [-0.2, 0) is 11.2 Å². The standard InChI is InChI=1S/C16H18ClNO3/c1-8(2)18-10(4)12(7-14(19)20)16(21)11-5-6-13(17)9(3)15(11)18/h5-6,8H,7H2,1-4H3,(H,19,20). The van der Waals surface area contributed by atoms with E-state index in [1.165, 1.54) is 0 Å². The molecule has 0 radical (unpaired) electrons. The Labute approximate surface area is 128 Å². The molecule has 4 nitrogen and oxygen atoms in total. The molecule has 2 aromatic rings. The summed E-state index contributed by atoms with van der Waals surface area (Å²) < 4.78 is 2.00. The highest BCUT2D eigenvalue weighted by atomic mass is 35.5. The first-order valence-corrected chi connectivity index (χ1v) is 7.18. The summed E-state index contributed by atoms with van der Waals surface area (Å²) in [7, 11) is 0. The van der Waals surface area contributed by atoms with Crippen LogP contribution in [0.5, 0.6) is 0 Å². The zero-order chi connectivity index (χ0) is 15.9. The molecular weight excluding hydrogens is 290 g/mol. The Balaban J connectivity index is 3.03. The van der Waals surface area contributed by atoms with Gasteiger partial charge < -0.3 is 9.67 Å². The monoisotopic (exact) mass is 307 g/mol. The summed E-state index contributed by atoms with van der Waals surface area (Å²) in [6, 6.07) is 3.46. The van der Waals surface area contributed by atoms with Crippen LogP contribution in [0.25, 0.3) is 10.9 Å². The van der Waals surface area contributed by atoms with E-state index in [9.17, 15) is 9.59 Å². The van der Waals surface area contributed by atoms with Crippen molar-refractivity contribution >= 4 is 28.5 Å². The Morgan fingerprint density at radius 2 is 1.95 bits per heavy atom. The summed E-state index contributed by atoms with van der Waals surface area (Å²) >= 11 is 6.18. The molecule has 1 aromatic carbocycles. The summed E-state index contributed by atoms with van der Waals surface area (Å²) in [6.45, 7) is 7.67. The largest absolute Gasteiger partial charge is 0.481 e. The molecule has 1 heterocycles. The zero-order valence-electron chi connectivity index (χ0n) is 12.5. The molecular formula is C16H18ClNO3. The van der Waals surface area contributed by atoms with Gasteiger partial charge in [-0.1, -0.05) is 11.6 Å². The van der Waals surface area contributed by atoms with E-state index in [4.69, 9.17) is 16.7 Å². The van der Waals surface area contributed by atoms with Crippen LogP contribution in [0, 0.1) is 13.8 Å². The van der Waals surface area contributed by atoms with Gasteiger partial charge in [0.1, 0.15) is 0 Å². The highest BCUT2D eigenvalue weighted by molar-refractivity contribution is 6.32. The van der Waals surface area contributed by atoms with Crippen molar-refractivity contribution in [1.82, 2.24) is 4.57 Å². The first-order valence-electron chi connectivity index (χ1n) is 6.80. The van der Waals surface area contributed by atoms with Crippen LogP contribution in [-0.4, -0.2) is 15.6 Å². The van der Waals surface area contributed by atoms with Crippen LogP contribution in [0.2, 0.25) is 5.02 Å². The van der Waals surface area contributed by atoms with Gasteiger partial charge in [0, 0.05) is 27.7 Å². The molecule has 0 aliphatic carbocycles. The lowest BCUT2D eigenvalue weighted by atomic mass is 10.0. The normalized spacial score (nSPS) is 11.3. The third-order valence-corrected chi connectivity index (χ3v) is 4.18. The third kappa shape index (κ3) is 2.56. The molecule has 0 saturated carbocycles. The lowest BCUT2D eigenvalue weighted by Gasteiger charge is -2.22. The van der Waals surface area contributed by atoms with E-state index < -0.39 is 5.97 Å². The van der Waals surface area contributed by atoms with Crippen LogP contribution in [0.1, 0.15) is 36.7 Å². The molecule has 0 unspecified atom stereocenters. The first-order chi connectivity index (χ1) is 9.75. The highest BCUT2D eigenvalue weighted by Gasteiger charge is 2.19. The topological polar surface area (TPSA) is 59.3 Å². The van der Waals surface area contributed by atoms with Crippen molar-refractivity contribution < 1.29 is 9.90 Å². The molecule has 2 rings (SSSR count). The van der Waals surface area contributed by atoms with E-state index in [1.807, 2.05) is 25.3 Å². The predicted molar refractivity (Wildman–Crippen MR) is 84.4 cm³/mol. The fourth-order valence-electron chi connectivity index (χ4n) is 2.81. The lowest BCUT2D eigenvalue weighted by Crippen LogP contribution is -2.23. The molecule has 0 aliphatic rings. The van der Waals surface area contributed by atoms with Gasteiger partial charge in [0.05, 0.1) is 11.9 Å². The van der Waals surface area contributed by atoms with Crippen molar-refractivity contribution in [3.8, 4) is 0 Å². The van der Waals surface area contributed by atoms with Crippen LogP contribution in [0.4, 0.5) is 0 Å². The minimum absolute atomic E-state index is 0.0952. The molecule has 0 amide bonds.